The smallest absolute Gasteiger partial charge is 0.250 e. The molecule has 1 heterocycles. The molecule has 0 aromatic carbocycles. The van der Waals surface area contributed by atoms with Crippen molar-refractivity contribution in [3.63, 3.8) is 0 Å². The van der Waals surface area contributed by atoms with E-state index in [0.29, 0.717) is 5.41 Å². The summed E-state index contributed by atoms with van der Waals surface area (Å²) in [5, 5.41) is 0. The number of rotatable bonds is 1. The molecular formula is C9H10N2O. The summed E-state index contributed by atoms with van der Waals surface area (Å²) in [6.07, 6.45) is 5.27. The Morgan fingerprint density at radius 1 is 1.50 bits per heavy atom. The molecule has 3 heteroatoms. The van der Waals surface area contributed by atoms with E-state index < -0.39 is 0 Å². The van der Waals surface area contributed by atoms with Crippen LogP contribution in [0.1, 0.15) is 25.0 Å². The van der Waals surface area contributed by atoms with Crippen molar-refractivity contribution in [2.24, 2.45) is 5.92 Å². The first-order valence-corrected chi connectivity index (χ1v) is 4.34. The first-order chi connectivity index (χ1) is 5.78. The molecule has 1 N–H and O–H groups in total. The van der Waals surface area contributed by atoms with Crippen LogP contribution in [0.4, 0.5) is 0 Å². The molecule has 3 fully saturated rings. The Kier molecular flexibility index (Phi) is 0.953. The molecule has 3 saturated carbocycles. The van der Waals surface area contributed by atoms with Gasteiger partial charge < -0.3 is 4.98 Å². The highest BCUT2D eigenvalue weighted by atomic mass is 16.1. The molecule has 2 bridgehead atoms. The highest BCUT2D eigenvalue weighted by molar-refractivity contribution is 5.28. The topological polar surface area (TPSA) is 45.8 Å². The normalized spacial score (nSPS) is 36.8. The quantitative estimate of drug-likeness (QED) is 0.664. The van der Waals surface area contributed by atoms with Crippen molar-refractivity contribution in [1.82, 2.24) is 9.97 Å². The highest BCUT2D eigenvalue weighted by Gasteiger charge is 2.58. The average Bonchev–Trinajstić information content (AvgIpc) is 1.79. The summed E-state index contributed by atoms with van der Waals surface area (Å²) >= 11 is 0. The van der Waals surface area contributed by atoms with Crippen LogP contribution in [-0.4, -0.2) is 9.97 Å². The van der Waals surface area contributed by atoms with Crippen LogP contribution in [0, 0.1) is 5.92 Å². The summed E-state index contributed by atoms with van der Waals surface area (Å²) in [6.45, 7) is 0. The lowest BCUT2D eigenvalue weighted by atomic mass is 9.43. The van der Waals surface area contributed by atoms with E-state index in [1.165, 1.54) is 25.6 Å². The number of hydrogen-bond acceptors (Lipinski definition) is 2. The van der Waals surface area contributed by atoms with Gasteiger partial charge in [0.05, 0.1) is 12.0 Å². The maximum absolute atomic E-state index is 11.0. The van der Waals surface area contributed by atoms with Crippen LogP contribution in [0.15, 0.2) is 17.2 Å². The van der Waals surface area contributed by atoms with Crippen molar-refractivity contribution in [2.75, 3.05) is 0 Å². The van der Waals surface area contributed by atoms with Gasteiger partial charge in [-0.2, -0.15) is 0 Å². The minimum Gasteiger partial charge on any atom is -0.313 e. The Labute approximate surface area is 69.8 Å². The fourth-order valence-corrected chi connectivity index (χ4v) is 2.45. The zero-order valence-corrected chi connectivity index (χ0v) is 6.71. The Bertz CT molecular complexity index is 365. The van der Waals surface area contributed by atoms with Crippen LogP contribution in [0.25, 0.3) is 0 Å². The summed E-state index contributed by atoms with van der Waals surface area (Å²) in [7, 11) is 0. The lowest BCUT2D eigenvalue weighted by Crippen LogP contribution is -2.55. The first-order valence-electron chi connectivity index (χ1n) is 4.34. The van der Waals surface area contributed by atoms with Crippen molar-refractivity contribution >= 4 is 0 Å². The molecular weight excluding hydrogens is 152 g/mol. The highest BCUT2D eigenvalue weighted by Crippen LogP contribution is 2.64. The third kappa shape index (κ3) is 0.618. The molecule has 3 aliphatic carbocycles. The zero-order chi connectivity index (χ0) is 8.18. The molecule has 1 aromatic heterocycles. The van der Waals surface area contributed by atoms with Gasteiger partial charge in [0, 0.05) is 11.5 Å². The Morgan fingerprint density at radius 2 is 2.25 bits per heavy atom. The lowest BCUT2D eigenvalue weighted by Gasteiger charge is -2.61. The summed E-state index contributed by atoms with van der Waals surface area (Å²) in [5.74, 6) is 0.936. The fourth-order valence-electron chi connectivity index (χ4n) is 2.45. The number of nitrogens with one attached hydrogen (secondary N) is 1. The van der Waals surface area contributed by atoms with Crippen molar-refractivity contribution < 1.29 is 0 Å². The predicted octanol–water partition coefficient (Wildman–Crippen LogP) is 0.821. The van der Waals surface area contributed by atoms with E-state index in [0.717, 1.165) is 11.6 Å². The Morgan fingerprint density at radius 3 is 2.75 bits per heavy atom. The van der Waals surface area contributed by atoms with E-state index in [-0.39, 0.29) is 5.56 Å². The number of aromatic amines is 1. The molecule has 0 saturated heterocycles. The van der Waals surface area contributed by atoms with Gasteiger partial charge in [-0.15, -0.1) is 0 Å². The Balaban J connectivity index is 2.06. The summed E-state index contributed by atoms with van der Waals surface area (Å²) in [6, 6.07) is 1.65. The summed E-state index contributed by atoms with van der Waals surface area (Å²) < 4.78 is 0. The van der Waals surface area contributed by atoms with Crippen molar-refractivity contribution in [3.8, 4) is 0 Å². The van der Waals surface area contributed by atoms with E-state index in [2.05, 4.69) is 9.97 Å². The molecule has 0 aliphatic heterocycles. The molecule has 1 aromatic rings. The van der Waals surface area contributed by atoms with Crippen LogP contribution >= 0.6 is 0 Å². The zero-order valence-electron chi connectivity index (χ0n) is 6.71. The van der Waals surface area contributed by atoms with Crippen molar-refractivity contribution in [3.05, 3.63) is 28.4 Å². The molecule has 3 nitrogen and oxygen atoms in total. The van der Waals surface area contributed by atoms with E-state index in [1.54, 1.807) is 6.07 Å². The minimum absolute atomic E-state index is 0.0234. The van der Waals surface area contributed by atoms with Gasteiger partial charge in [0.2, 0.25) is 0 Å². The lowest BCUT2D eigenvalue weighted by molar-refractivity contribution is -0.0310. The van der Waals surface area contributed by atoms with E-state index >= 15 is 0 Å². The second kappa shape index (κ2) is 1.79. The van der Waals surface area contributed by atoms with Gasteiger partial charge >= 0.3 is 0 Å². The molecule has 0 amide bonds. The monoisotopic (exact) mass is 162 g/mol. The maximum atomic E-state index is 11.0. The van der Waals surface area contributed by atoms with Gasteiger partial charge in [0.15, 0.2) is 0 Å². The molecule has 0 unspecified atom stereocenters. The van der Waals surface area contributed by atoms with E-state index in [4.69, 9.17) is 0 Å². The number of nitrogens with zero attached hydrogens (tertiary/aromatic N) is 1. The molecule has 4 rings (SSSR count). The Hall–Kier alpha value is -1.12. The molecule has 62 valence electrons. The van der Waals surface area contributed by atoms with Crippen LogP contribution in [0.2, 0.25) is 0 Å². The van der Waals surface area contributed by atoms with Gasteiger partial charge in [-0.1, -0.05) is 0 Å². The van der Waals surface area contributed by atoms with Crippen molar-refractivity contribution in [1.29, 1.82) is 0 Å². The van der Waals surface area contributed by atoms with Crippen LogP contribution in [-0.2, 0) is 5.41 Å². The van der Waals surface area contributed by atoms with Gasteiger partial charge in [-0.05, 0) is 25.2 Å². The van der Waals surface area contributed by atoms with Crippen LogP contribution in [0.5, 0.6) is 0 Å². The average molecular weight is 162 g/mol. The van der Waals surface area contributed by atoms with Gasteiger partial charge in [0.25, 0.3) is 5.56 Å². The number of H-pyrrole nitrogens is 1. The molecule has 0 radical (unpaired) electrons. The van der Waals surface area contributed by atoms with Gasteiger partial charge in [-0.3, -0.25) is 4.79 Å². The number of aromatic nitrogens is 2. The molecule has 3 aliphatic rings. The SMILES string of the molecule is O=c1cc(C23CC(C2)C3)nc[nH]1. The second-order valence-electron chi connectivity index (χ2n) is 4.06. The summed E-state index contributed by atoms with van der Waals surface area (Å²) in [4.78, 5) is 17.8. The minimum atomic E-state index is -0.0234. The van der Waals surface area contributed by atoms with Crippen molar-refractivity contribution in [2.45, 2.75) is 24.7 Å². The van der Waals surface area contributed by atoms with E-state index in [1.807, 2.05) is 0 Å². The summed E-state index contributed by atoms with van der Waals surface area (Å²) in [5.41, 5.74) is 1.30. The molecule has 0 atom stereocenters. The molecule has 12 heavy (non-hydrogen) atoms. The molecule has 0 spiro atoms. The number of hydrogen-bond donors (Lipinski definition) is 1. The third-order valence-corrected chi connectivity index (χ3v) is 3.26. The van der Waals surface area contributed by atoms with E-state index in [9.17, 15) is 4.79 Å². The largest absolute Gasteiger partial charge is 0.313 e. The van der Waals surface area contributed by atoms with Crippen LogP contribution < -0.4 is 5.56 Å². The second-order valence-corrected chi connectivity index (χ2v) is 4.06. The van der Waals surface area contributed by atoms with Crippen LogP contribution in [0.3, 0.4) is 0 Å². The first kappa shape index (κ1) is 6.40. The third-order valence-electron chi connectivity index (χ3n) is 3.26. The standard InChI is InChI=1S/C9H10N2O/c12-8-1-7(10-5-11-8)9-2-6(3-9)4-9/h1,5-6H,2-4H2,(H,10,11,12). The maximum Gasteiger partial charge on any atom is 0.250 e. The predicted molar refractivity (Wildman–Crippen MR) is 43.9 cm³/mol. The van der Waals surface area contributed by atoms with Gasteiger partial charge in [0.1, 0.15) is 0 Å². The van der Waals surface area contributed by atoms with Gasteiger partial charge in [-0.25, -0.2) is 4.98 Å². The fraction of sp³-hybridized carbons (Fsp3) is 0.556.